The van der Waals surface area contributed by atoms with Crippen LogP contribution in [0.4, 0.5) is 5.82 Å². The van der Waals surface area contributed by atoms with Crippen LogP contribution in [-0.2, 0) is 0 Å². The van der Waals surface area contributed by atoms with E-state index in [4.69, 9.17) is 11.6 Å². The molecule has 0 aliphatic heterocycles. The SMILES string of the molecule is CNc1cc(C(=O)NC2CCCC2C)c(Cl)cn1. The lowest BCUT2D eigenvalue weighted by Gasteiger charge is -2.17. The molecule has 1 aromatic rings. The first kappa shape index (κ1) is 13.1. The normalized spacial score (nSPS) is 22.8. The van der Waals surface area contributed by atoms with Gasteiger partial charge in [-0.15, -0.1) is 0 Å². The number of hydrogen-bond acceptors (Lipinski definition) is 3. The van der Waals surface area contributed by atoms with Gasteiger partial charge in [-0.3, -0.25) is 4.79 Å². The average molecular weight is 268 g/mol. The van der Waals surface area contributed by atoms with Crippen LogP contribution < -0.4 is 10.6 Å². The molecule has 0 spiro atoms. The molecule has 2 N–H and O–H groups in total. The zero-order valence-electron chi connectivity index (χ0n) is 10.7. The Bertz CT molecular complexity index is 450. The number of carbonyl (C=O) groups is 1. The summed E-state index contributed by atoms with van der Waals surface area (Å²) in [6.45, 7) is 2.17. The van der Waals surface area contributed by atoms with Crippen molar-refractivity contribution in [1.82, 2.24) is 10.3 Å². The number of anilines is 1. The molecule has 1 aromatic heterocycles. The van der Waals surface area contributed by atoms with E-state index in [1.807, 2.05) is 0 Å². The van der Waals surface area contributed by atoms with Gasteiger partial charge in [-0.2, -0.15) is 0 Å². The molecule has 1 heterocycles. The minimum atomic E-state index is -0.113. The molecule has 0 saturated heterocycles. The van der Waals surface area contributed by atoms with Crippen LogP contribution in [0.25, 0.3) is 0 Å². The van der Waals surface area contributed by atoms with Gasteiger partial charge in [-0.05, 0) is 24.8 Å². The molecule has 1 saturated carbocycles. The molecule has 1 aliphatic rings. The fourth-order valence-corrected chi connectivity index (χ4v) is 2.54. The van der Waals surface area contributed by atoms with Gasteiger partial charge in [0, 0.05) is 19.3 Å². The Hall–Kier alpha value is -1.29. The molecule has 0 aromatic carbocycles. The standard InChI is InChI=1S/C13H18ClN3O/c1-8-4-3-5-11(8)17-13(18)9-6-12(15-2)16-7-10(9)14/h6-8,11H,3-5H2,1-2H3,(H,15,16)(H,17,18). The topological polar surface area (TPSA) is 54.0 Å². The first-order valence-electron chi connectivity index (χ1n) is 6.26. The molecule has 98 valence electrons. The number of aromatic nitrogens is 1. The number of rotatable bonds is 3. The van der Waals surface area contributed by atoms with E-state index in [1.165, 1.54) is 19.0 Å². The van der Waals surface area contributed by atoms with Crippen LogP contribution in [-0.4, -0.2) is 24.0 Å². The highest BCUT2D eigenvalue weighted by molar-refractivity contribution is 6.33. The largest absolute Gasteiger partial charge is 0.373 e. The summed E-state index contributed by atoms with van der Waals surface area (Å²) in [7, 11) is 1.76. The number of carbonyl (C=O) groups excluding carboxylic acids is 1. The summed E-state index contributed by atoms with van der Waals surface area (Å²) in [5.74, 6) is 1.07. The molecule has 0 radical (unpaired) electrons. The molecule has 1 fully saturated rings. The lowest BCUT2D eigenvalue weighted by atomic mass is 10.1. The number of nitrogens with one attached hydrogen (secondary N) is 2. The van der Waals surface area contributed by atoms with Gasteiger partial charge in [0.05, 0.1) is 10.6 Å². The lowest BCUT2D eigenvalue weighted by molar-refractivity contribution is 0.0930. The predicted octanol–water partition coefficient (Wildman–Crippen LogP) is 2.70. The third kappa shape index (κ3) is 2.75. The second kappa shape index (κ2) is 5.57. The van der Waals surface area contributed by atoms with E-state index in [-0.39, 0.29) is 11.9 Å². The number of amides is 1. The Kier molecular flexibility index (Phi) is 4.07. The number of pyridine rings is 1. The molecule has 4 nitrogen and oxygen atoms in total. The summed E-state index contributed by atoms with van der Waals surface area (Å²) in [6, 6.07) is 1.94. The Morgan fingerprint density at radius 3 is 2.89 bits per heavy atom. The van der Waals surface area contributed by atoms with Crippen molar-refractivity contribution < 1.29 is 4.79 Å². The molecular weight excluding hydrogens is 250 g/mol. The summed E-state index contributed by atoms with van der Waals surface area (Å²) < 4.78 is 0. The van der Waals surface area contributed by atoms with Crippen LogP contribution in [0.2, 0.25) is 5.02 Å². The van der Waals surface area contributed by atoms with Gasteiger partial charge in [0.2, 0.25) is 0 Å². The molecule has 2 rings (SSSR count). The second-order valence-electron chi connectivity index (χ2n) is 4.79. The van der Waals surface area contributed by atoms with Crippen molar-refractivity contribution in [3.05, 3.63) is 22.8 Å². The molecule has 0 bridgehead atoms. The predicted molar refractivity (Wildman–Crippen MR) is 73.1 cm³/mol. The average Bonchev–Trinajstić information content (AvgIpc) is 2.75. The van der Waals surface area contributed by atoms with E-state index in [9.17, 15) is 4.79 Å². The van der Waals surface area contributed by atoms with E-state index < -0.39 is 0 Å². The van der Waals surface area contributed by atoms with Gasteiger partial charge < -0.3 is 10.6 Å². The minimum Gasteiger partial charge on any atom is -0.373 e. The second-order valence-corrected chi connectivity index (χ2v) is 5.19. The van der Waals surface area contributed by atoms with Gasteiger partial charge in [0.1, 0.15) is 5.82 Å². The summed E-state index contributed by atoms with van der Waals surface area (Å²) in [5, 5.41) is 6.35. The highest BCUT2D eigenvalue weighted by Gasteiger charge is 2.25. The third-order valence-corrected chi connectivity index (χ3v) is 3.84. The molecule has 2 unspecified atom stereocenters. The van der Waals surface area contributed by atoms with Crippen molar-refractivity contribution in [3.63, 3.8) is 0 Å². The summed E-state index contributed by atoms with van der Waals surface area (Å²) in [6.07, 6.45) is 4.91. The van der Waals surface area contributed by atoms with Crippen molar-refractivity contribution in [2.75, 3.05) is 12.4 Å². The monoisotopic (exact) mass is 267 g/mol. The first-order chi connectivity index (χ1) is 8.61. The molecule has 5 heteroatoms. The molecule has 1 aliphatic carbocycles. The fourth-order valence-electron chi connectivity index (χ4n) is 2.36. The van der Waals surface area contributed by atoms with E-state index in [2.05, 4.69) is 22.5 Å². The summed E-state index contributed by atoms with van der Waals surface area (Å²) in [4.78, 5) is 16.2. The van der Waals surface area contributed by atoms with Gasteiger partial charge in [0.25, 0.3) is 5.91 Å². The number of halogens is 1. The van der Waals surface area contributed by atoms with Crippen molar-refractivity contribution in [2.24, 2.45) is 5.92 Å². The summed E-state index contributed by atoms with van der Waals surface area (Å²) in [5.41, 5.74) is 0.482. The smallest absolute Gasteiger partial charge is 0.253 e. The van der Waals surface area contributed by atoms with Crippen LogP contribution in [0.1, 0.15) is 36.5 Å². The molecular formula is C13H18ClN3O. The zero-order chi connectivity index (χ0) is 13.1. The highest BCUT2D eigenvalue weighted by atomic mass is 35.5. The van der Waals surface area contributed by atoms with Crippen LogP contribution in [0, 0.1) is 5.92 Å². The van der Waals surface area contributed by atoms with E-state index >= 15 is 0 Å². The minimum absolute atomic E-state index is 0.113. The van der Waals surface area contributed by atoms with Crippen molar-refractivity contribution in [3.8, 4) is 0 Å². The Morgan fingerprint density at radius 2 is 2.28 bits per heavy atom. The number of hydrogen-bond donors (Lipinski definition) is 2. The third-order valence-electron chi connectivity index (χ3n) is 3.53. The van der Waals surface area contributed by atoms with E-state index in [0.717, 1.165) is 6.42 Å². The highest BCUT2D eigenvalue weighted by Crippen LogP contribution is 2.26. The zero-order valence-corrected chi connectivity index (χ0v) is 11.4. The van der Waals surface area contributed by atoms with Crippen LogP contribution in [0.5, 0.6) is 0 Å². The maximum absolute atomic E-state index is 12.2. The molecule has 18 heavy (non-hydrogen) atoms. The molecule has 2 atom stereocenters. The lowest BCUT2D eigenvalue weighted by Crippen LogP contribution is -2.36. The Balaban J connectivity index is 2.12. The van der Waals surface area contributed by atoms with Gasteiger partial charge in [-0.1, -0.05) is 24.9 Å². The van der Waals surface area contributed by atoms with Gasteiger partial charge in [-0.25, -0.2) is 4.98 Å². The van der Waals surface area contributed by atoms with Crippen molar-refractivity contribution >= 4 is 23.3 Å². The quantitative estimate of drug-likeness (QED) is 0.885. The van der Waals surface area contributed by atoms with E-state index in [1.54, 1.807) is 13.1 Å². The van der Waals surface area contributed by atoms with Crippen molar-refractivity contribution in [1.29, 1.82) is 0 Å². The van der Waals surface area contributed by atoms with Gasteiger partial charge >= 0.3 is 0 Å². The number of nitrogens with zero attached hydrogens (tertiary/aromatic N) is 1. The van der Waals surface area contributed by atoms with Crippen LogP contribution in [0.15, 0.2) is 12.3 Å². The van der Waals surface area contributed by atoms with Gasteiger partial charge in [0.15, 0.2) is 0 Å². The maximum atomic E-state index is 12.2. The van der Waals surface area contributed by atoms with E-state index in [0.29, 0.717) is 22.3 Å². The first-order valence-corrected chi connectivity index (χ1v) is 6.63. The van der Waals surface area contributed by atoms with Crippen molar-refractivity contribution in [2.45, 2.75) is 32.2 Å². The Morgan fingerprint density at radius 1 is 1.50 bits per heavy atom. The summed E-state index contributed by atoms with van der Waals surface area (Å²) >= 11 is 6.02. The van der Waals surface area contributed by atoms with Crippen LogP contribution in [0.3, 0.4) is 0 Å². The fraction of sp³-hybridized carbons (Fsp3) is 0.538. The van der Waals surface area contributed by atoms with Crippen LogP contribution >= 0.6 is 11.6 Å². The molecule has 1 amide bonds. The Labute approximate surface area is 112 Å². The maximum Gasteiger partial charge on any atom is 0.253 e.